The third kappa shape index (κ3) is 4.63. The average Bonchev–Trinajstić information content (AvgIpc) is 2.39. The molecule has 0 aliphatic rings. The van der Waals surface area contributed by atoms with Gasteiger partial charge in [0.15, 0.2) is 0 Å². The second kappa shape index (κ2) is 7.43. The normalized spacial score (nSPS) is 11.5. The second-order valence-electron chi connectivity index (χ2n) is 5.68. The highest BCUT2D eigenvalue weighted by molar-refractivity contribution is 5.58. The lowest BCUT2D eigenvalue weighted by Crippen LogP contribution is -2.36. The van der Waals surface area contributed by atoms with Crippen molar-refractivity contribution < 1.29 is 4.74 Å². The number of nitrogens with one attached hydrogen (secondary N) is 2. The summed E-state index contributed by atoms with van der Waals surface area (Å²) in [5, 5.41) is 6.84. The molecule has 114 valence electrons. The number of aryl methyl sites for hydroxylation is 1. The Balaban J connectivity index is 3.04. The molecule has 0 unspecified atom stereocenters. The molecular formula is C15H28N4O. The molecule has 0 aromatic carbocycles. The van der Waals surface area contributed by atoms with Gasteiger partial charge in [-0.25, -0.2) is 9.97 Å². The number of methoxy groups -OCH3 is 1. The molecule has 0 aliphatic heterocycles. The van der Waals surface area contributed by atoms with E-state index in [1.165, 1.54) is 0 Å². The fourth-order valence-corrected chi connectivity index (χ4v) is 1.98. The van der Waals surface area contributed by atoms with Crippen LogP contribution in [0.5, 0.6) is 0 Å². The van der Waals surface area contributed by atoms with Crippen molar-refractivity contribution in [3.63, 3.8) is 0 Å². The van der Waals surface area contributed by atoms with Crippen LogP contribution in [0.25, 0.3) is 0 Å². The molecule has 1 aromatic heterocycles. The first-order valence-electron chi connectivity index (χ1n) is 7.32. The predicted octanol–water partition coefficient (Wildman–Crippen LogP) is 3.01. The van der Waals surface area contributed by atoms with E-state index in [9.17, 15) is 0 Å². The summed E-state index contributed by atoms with van der Waals surface area (Å²) in [5.41, 5.74) is 0.890. The van der Waals surface area contributed by atoms with Gasteiger partial charge in [0.1, 0.15) is 17.5 Å². The van der Waals surface area contributed by atoms with Crippen molar-refractivity contribution in [2.75, 3.05) is 30.9 Å². The van der Waals surface area contributed by atoms with Crippen LogP contribution in [-0.4, -0.2) is 35.8 Å². The van der Waals surface area contributed by atoms with Crippen LogP contribution in [0.3, 0.4) is 0 Å². The summed E-state index contributed by atoms with van der Waals surface area (Å²) in [6, 6.07) is 0. The van der Waals surface area contributed by atoms with Crippen molar-refractivity contribution in [3.8, 4) is 0 Å². The van der Waals surface area contributed by atoms with E-state index in [4.69, 9.17) is 4.74 Å². The van der Waals surface area contributed by atoms with Gasteiger partial charge in [0.05, 0.1) is 12.1 Å². The van der Waals surface area contributed by atoms with Crippen LogP contribution in [0.2, 0.25) is 0 Å². The molecule has 1 rings (SSSR count). The summed E-state index contributed by atoms with van der Waals surface area (Å²) >= 11 is 0. The van der Waals surface area contributed by atoms with E-state index in [2.05, 4.69) is 48.3 Å². The van der Waals surface area contributed by atoms with Crippen LogP contribution in [0.1, 0.15) is 45.5 Å². The van der Waals surface area contributed by atoms with Gasteiger partial charge < -0.3 is 15.4 Å². The highest BCUT2D eigenvalue weighted by Gasteiger charge is 2.20. The fourth-order valence-electron chi connectivity index (χ4n) is 1.98. The molecule has 0 spiro atoms. The van der Waals surface area contributed by atoms with E-state index in [1.807, 2.05) is 6.92 Å². The van der Waals surface area contributed by atoms with Crippen molar-refractivity contribution in [3.05, 3.63) is 11.4 Å². The Morgan fingerprint density at radius 3 is 2.35 bits per heavy atom. The zero-order valence-electron chi connectivity index (χ0n) is 13.6. The smallest absolute Gasteiger partial charge is 0.135 e. The highest BCUT2D eigenvalue weighted by atomic mass is 16.5. The van der Waals surface area contributed by atoms with Gasteiger partial charge in [-0.2, -0.15) is 0 Å². The van der Waals surface area contributed by atoms with E-state index >= 15 is 0 Å². The van der Waals surface area contributed by atoms with Gasteiger partial charge >= 0.3 is 0 Å². The first kappa shape index (κ1) is 16.7. The molecule has 0 atom stereocenters. The molecular weight excluding hydrogens is 252 g/mol. The quantitative estimate of drug-likeness (QED) is 0.766. The third-order valence-electron chi connectivity index (χ3n) is 3.01. The molecule has 5 heteroatoms. The van der Waals surface area contributed by atoms with Gasteiger partial charge in [-0.3, -0.25) is 0 Å². The van der Waals surface area contributed by atoms with Gasteiger partial charge in [-0.05, 0) is 27.2 Å². The summed E-state index contributed by atoms with van der Waals surface area (Å²) in [6.07, 6.45) is 1.89. The Morgan fingerprint density at radius 1 is 1.15 bits per heavy atom. The van der Waals surface area contributed by atoms with Crippen LogP contribution < -0.4 is 10.6 Å². The molecule has 5 nitrogen and oxygen atoms in total. The van der Waals surface area contributed by atoms with Crippen molar-refractivity contribution in [1.29, 1.82) is 0 Å². The third-order valence-corrected chi connectivity index (χ3v) is 3.01. The van der Waals surface area contributed by atoms with Gasteiger partial charge in [-0.1, -0.05) is 13.8 Å². The van der Waals surface area contributed by atoms with Crippen LogP contribution >= 0.6 is 0 Å². The van der Waals surface area contributed by atoms with E-state index < -0.39 is 0 Å². The number of aromatic nitrogens is 2. The molecule has 0 saturated carbocycles. The summed E-state index contributed by atoms with van der Waals surface area (Å²) in [6.45, 7) is 12.0. The Labute approximate surface area is 122 Å². The maximum atomic E-state index is 5.25. The van der Waals surface area contributed by atoms with Gasteiger partial charge in [0.25, 0.3) is 0 Å². The van der Waals surface area contributed by atoms with Crippen molar-refractivity contribution in [1.82, 2.24) is 9.97 Å². The van der Waals surface area contributed by atoms with Crippen LogP contribution in [0.15, 0.2) is 0 Å². The standard InChI is InChI=1S/C15H28N4O/c1-7-9-16-13-11(3)14(18-12(8-2)17-13)19-15(4,5)10-20-6/h7-10H2,1-6H3,(H2,16,17,18,19). The largest absolute Gasteiger partial charge is 0.382 e. The Hall–Kier alpha value is -1.36. The lowest BCUT2D eigenvalue weighted by Gasteiger charge is -2.27. The molecule has 1 aromatic rings. The molecule has 0 fully saturated rings. The van der Waals surface area contributed by atoms with Crippen LogP contribution in [-0.2, 0) is 11.2 Å². The topological polar surface area (TPSA) is 59.1 Å². The SMILES string of the molecule is CCCNc1nc(CC)nc(NC(C)(C)COC)c1C. The van der Waals surface area contributed by atoms with E-state index in [-0.39, 0.29) is 5.54 Å². The predicted molar refractivity (Wildman–Crippen MR) is 84.5 cm³/mol. The highest BCUT2D eigenvalue weighted by Crippen LogP contribution is 2.23. The summed E-state index contributed by atoms with van der Waals surface area (Å²) in [5.74, 6) is 2.66. The number of anilines is 2. The molecule has 20 heavy (non-hydrogen) atoms. The number of rotatable bonds is 8. The molecule has 0 aliphatic carbocycles. The first-order valence-corrected chi connectivity index (χ1v) is 7.32. The van der Waals surface area contributed by atoms with Crippen molar-refractivity contribution in [2.45, 2.75) is 53.0 Å². The fraction of sp³-hybridized carbons (Fsp3) is 0.733. The molecule has 0 saturated heterocycles. The Morgan fingerprint density at radius 2 is 1.80 bits per heavy atom. The van der Waals surface area contributed by atoms with E-state index in [1.54, 1.807) is 7.11 Å². The summed E-state index contributed by atoms with van der Waals surface area (Å²) in [4.78, 5) is 9.18. The lowest BCUT2D eigenvalue weighted by atomic mass is 10.1. The molecule has 2 N–H and O–H groups in total. The molecule has 0 bridgehead atoms. The minimum absolute atomic E-state index is 0.166. The second-order valence-corrected chi connectivity index (χ2v) is 5.68. The number of hydrogen-bond donors (Lipinski definition) is 2. The minimum Gasteiger partial charge on any atom is -0.382 e. The van der Waals surface area contributed by atoms with Crippen molar-refractivity contribution >= 4 is 11.6 Å². The van der Waals surface area contributed by atoms with Crippen LogP contribution in [0, 0.1) is 6.92 Å². The van der Waals surface area contributed by atoms with Crippen LogP contribution in [0.4, 0.5) is 11.6 Å². The number of nitrogens with zero attached hydrogens (tertiary/aromatic N) is 2. The first-order chi connectivity index (χ1) is 9.43. The Bertz CT molecular complexity index is 432. The number of ether oxygens (including phenoxy) is 1. The lowest BCUT2D eigenvalue weighted by molar-refractivity contribution is 0.158. The van der Waals surface area contributed by atoms with Gasteiger partial charge in [-0.15, -0.1) is 0 Å². The molecule has 0 amide bonds. The molecule has 1 heterocycles. The average molecular weight is 280 g/mol. The van der Waals surface area contributed by atoms with Gasteiger partial charge in [0.2, 0.25) is 0 Å². The number of hydrogen-bond acceptors (Lipinski definition) is 5. The zero-order valence-corrected chi connectivity index (χ0v) is 13.6. The summed E-state index contributed by atoms with van der Waals surface area (Å²) < 4.78 is 5.25. The van der Waals surface area contributed by atoms with Crippen molar-refractivity contribution in [2.24, 2.45) is 0 Å². The van der Waals surface area contributed by atoms with E-state index in [0.717, 1.165) is 42.4 Å². The van der Waals surface area contributed by atoms with E-state index in [0.29, 0.717) is 6.61 Å². The summed E-state index contributed by atoms with van der Waals surface area (Å²) in [7, 11) is 1.71. The maximum Gasteiger partial charge on any atom is 0.135 e. The monoisotopic (exact) mass is 280 g/mol. The minimum atomic E-state index is -0.166. The zero-order chi connectivity index (χ0) is 15.2. The molecule has 0 radical (unpaired) electrons. The van der Waals surface area contributed by atoms with Gasteiger partial charge in [0, 0.05) is 25.6 Å². The Kier molecular flexibility index (Phi) is 6.20. The maximum absolute atomic E-state index is 5.25.